The quantitative estimate of drug-likeness (QED) is 0.346. The van der Waals surface area contributed by atoms with Gasteiger partial charge in [0.2, 0.25) is 0 Å². The first kappa shape index (κ1) is 27.5. The summed E-state index contributed by atoms with van der Waals surface area (Å²) < 4.78 is 11.5. The van der Waals surface area contributed by atoms with E-state index < -0.39 is 24.0 Å². The van der Waals surface area contributed by atoms with Gasteiger partial charge >= 0.3 is 11.9 Å². The summed E-state index contributed by atoms with van der Waals surface area (Å²) in [5.41, 5.74) is 3.67. The Kier molecular flexibility index (Phi) is 7.92. The third-order valence-electron chi connectivity index (χ3n) is 8.94. The summed E-state index contributed by atoms with van der Waals surface area (Å²) in [5.74, 6) is -1.46. The fourth-order valence-electron chi connectivity index (χ4n) is 6.73. The molecule has 1 aliphatic heterocycles. The molecule has 1 saturated carbocycles. The van der Waals surface area contributed by atoms with Crippen molar-refractivity contribution in [2.24, 2.45) is 11.8 Å². The first-order valence-electron chi connectivity index (χ1n) is 13.7. The predicted molar refractivity (Wildman–Crippen MR) is 150 cm³/mol. The van der Waals surface area contributed by atoms with Crippen LogP contribution in [0.4, 0.5) is 5.69 Å². The molecule has 208 valence electrons. The van der Waals surface area contributed by atoms with Gasteiger partial charge in [-0.05, 0) is 84.9 Å². The van der Waals surface area contributed by atoms with Crippen molar-refractivity contribution >= 4 is 29.2 Å². The highest BCUT2D eigenvalue weighted by Gasteiger charge is 2.44. The number of benzene rings is 2. The largest absolute Gasteiger partial charge is 0.490 e. The number of hydrogen-bond donors (Lipinski definition) is 2. The molecular formula is C31H36ClNO6. The number of carboxylic acid groups (broad SMARTS) is 1. The molecule has 2 aliphatic carbocycles. The normalized spacial score (nSPS) is 25.3. The van der Waals surface area contributed by atoms with Gasteiger partial charge in [0, 0.05) is 23.5 Å². The number of aryl methyl sites for hydroxylation is 1. The van der Waals surface area contributed by atoms with Crippen LogP contribution in [0.2, 0.25) is 5.02 Å². The van der Waals surface area contributed by atoms with Gasteiger partial charge in [-0.15, -0.1) is 6.58 Å². The van der Waals surface area contributed by atoms with Gasteiger partial charge in [-0.1, -0.05) is 29.8 Å². The van der Waals surface area contributed by atoms with Gasteiger partial charge < -0.3 is 24.6 Å². The van der Waals surface area contributed by atoms with Gasteiger partial charge in [-0.2, -0.15) is 0 Å². The minimum atomic E-state index is -1.07. The van der Waals surface area contributed by atoms with Crippen molar-refractivity contribution < 1.29 is 29.3 Å². The smallest absolute Gasteiger partial charge is 0.313 e. The van der Waals surface area contributed by atoms with Crippen LogP contribution in [0, 0.1) is 11.8 Å². The molecule has 5 rings (SSSR count). The Hall–Kier alpha value is -3.03. The Morgan fingerprint density at radius 2 is 2.10 bits per heavy atom. The number of rotatable bonds is 8. The topological polar surface area (TPSA) is 96.3 Å². The van der Waals surface area contributed by atoms with E-state index >= 15 is 0 Å². The maximum Gasteiger partial charge on any atom is 0.313 e. The Morgan fingerprint density at radius 3 is 2.79 bits per heavy atom. The predicted octanol–water partition coefficient (Wildman–Crippen LogP) is 5.12. The van der Waals surface area contributed by atoms with Crippen LogP contribution in [0.25, 0.3) is 0 Å². The minimum Gasteiger partial charge on any atom is -0.490 e. The molecule has 8 heteroatoms. The van der Waals surface area contributed by atoms with E-state index in [0.717, 1.165) is 42.8 Å². The van der Waals surface area contributed by atoms with Crippen molar-refractivity contribution in [1.29, 1.82) is 0 Å². The first-order valence-corrected chi connectivity index (χ1v) is 14.0. The van der Waals surface area contributed by atoms with E-state index in [0.29, 0.717) is 31.0 Å². The van der Waals surface area contributed by atoms with Crippen molar-refractivity contribution in [2.45, 2.75) is 56.0 Å². The Bertz CT molecular complexity index is 1260. The number of carboxylic acids is 1. The van der Waals surface area contributed by atoms with E-state index in [1.807, 2.05) is 18.2 Å². The zero-order valence-corrected chi connectivity index (χ0v) is 23.0. The molecule has 0 bridgehead atoms. The zero-order chi connectivity index (χ0) is 27.7. The van der Waals surface area contributed by atoms with Crippen LogP contribution in [0.15, 0.2) is 49.1 Å². The summed E-state index contributed by atoms with van der Waals surface area (Å²) in [6.07, 6.45) is 5.62. The van der Waals surface area contributed by atoms with E-state index in [2.05, 4.69) is 23.6 Å². The number of ether oxygens (including phenoxy) is 2. The number of nitrogens with zero attached hydrogens (tertiary/aromatic N) is 1. The average Bonchev–Trinajstić information content (AvgIpc) is 3.06. The van der Waals surface area contributed by atoms with Crippen LogP contribution in [0.1, 0.15) is 54.7 Å². The molecule has 0 radical (unpaired) electrons. The van der Waals surface area contributed by atoms with Gasteiger partial charge in [0.15, 0.2) is 0 Å². The number of anilines is 1. The van der Waals surface area contributed by atoms with E-state index in [-0.39, 0.29) is 23.7 Å². The highest BCUT2D eigenvalue weighted by atomic mass is 35.5. The maximum atomic E-state index is 12.6. The second-order valence-electron chi connectivity index (χ2n) is 11.2. The molecule has 39 heavy (non-hydrogen) atoms. The lowest BCUT2D eigenvalue weighted by molar-refractivity contribution is -0.147. The first-order chi connectivity index (χ1) is 18.7. The van der Waals surface area contributed by atoms with Gasteiger partial charge in [0.1, 0.15) is 5.75 Å². The Morgan fingerprint density at radius 1 is 1.28 bits per heavy atom. The van der Waals surface area contributed by atoms with E-state index in [1.54, 1.807) is 12.1 Å². The van der Waals surface area contributed by atoms with Gasteiger partial charge in [-0.3, -0.25) is 9.59 Å². The molecule has 5 atom stereocenters. The monoisotopic (exact) mass is 553 g/mol. The lowest BCUT2D eigenvalue weighted by Gasteiger charge is -2.45. The number of aliphatic hydroxyl groups is 1. The minimum absolute atomic E-state index is 0.140. The summed E-state index contributed by atoms with van der Waals surface area (Å²) in [4.78, 5) is 26.5. The van der Waals surface area contributed by atoms with E-state index in [4.69, 9.17) is 21.1 Å². The number of esters is 1. The summed E-state index contributed by atoms with van der Waals surface area (Å²) >= 11 is 6.36. The SMILES string of the molecule is C=C[C@H](O)[C@@H]1CC[C@H]1CN1C[C@@]2(CCCc3cc(Cl)ccc32)COc2ccc(C(CC(=O)O)C(=O)OC)cc21. The maximum absolute atomic E-state index is 12.6. The molecule has 2 N–H and O–H groups in total. The summed E-state index contributed by atoms with van der Waals surface area (Å²) in [6.45, 7) is 5.70. The van der Waals surface area contributed by atoms with Crippen molar-refractivity contribution in [3.8, 4) is 5.75 Å². The second-order valence-corrected chi connectivity index (χ2v) is 11.7. The molecule has 2 aromatic carbocycles. The van der Waals surface area contributed by atoms with Gasteiger partial charge in [-0.25, -0.2) is 0 Å². The lowest BCUT2D eigenvalue weighted by atomic mass is 9.68. The zero-order valence-electron chi connectivity index (χ0n) is 22.3. The molecule has 1 fully saturated rings. The van der Waals surface area contributed by atoms with Crippen molar-refractivity contribution in [3.05, 3.63) is 70.8 Å². The fraction of sp³-hybridized carbons (Fsp3) is 0.484. The molecular weight excluding hydrogens is 518 g/mol. The van der Waals surface area contributed by atoms with E-state index in [1.165, 1.54) is 18.2 Å². The third kappa shape index (κ3) is 5.39. The number of aliphatic hydroxyl groups excluding tert-OH is 1. The molecule has 1 heterocycles. The standard InChI is InChI=1S/C31H36ClNO6/c1-3-27(34)23-9-6-21(23)16-33-17-31(12-4-5-20-13-22(32)8-10-25(20)31)18-39-28-11-7-19(14-26(28)33)24(15-29(35)36)30(37)38-2/h3,7-8,10-11,13-14,21,23-24,27,34H,1,4-6,9,12,15-18H2,2H3,(H,35,36)/t21-,23+,24?,27-,31-/m0/s1. The van der Waals surface area contributed by atoms with Crippen LogP contribution in [-0.2, 0) is 26.2 Å². The third-order valence-corrected chi connectivity index (χ3v) is 9.17. The molecule has 0 aromatic heterocycles. The van der Waals surface area contributed by atoms with Crippen LogP contribution in [0.5, 0.6) is 5.75 Å². The van der Waals surface area contributed by atoms with E-state index in [9.17, 15) is 19.8 Å². The number of aliphatic carboxylic acids is 1. The fourth-order valence-corrected chi connectivity index (χ4v) is 6.93. The Labute approximate surface area is 234 Å². The van der Waals surface area contributed by atoms with Crippen LogP contribution in [-0.4, -0.2) is 55.1 Å². The molecule has 1 unspecified atom stereocenters. The number of methoxy groups -OCH3 is 1. The number of halogens is 1. The molecule has 1 spiro atoms. The number of carbonyl (C=O) groups excluding carboxylic acids is 1. The highest BCUT2D eigenvalue weighted by molar-refractivity contribution is 6.30. The number of hydrogen-bond acceptors (Lipinski definition) is 6. The van der Waals surface area contributed by atoms with Gasteiger partial charge in [0.25, 0.3) is 0 Å². The van der Waals surface area contributed by atoms with Crippen molar-refractivity contribution in [2.75, 3.05) is 31.7 Å². The summed E-state index contributed by atoms with van der Waals surface area (Å²) in [7, 11) is 1.27. The average molecular weight is 554 g/mol. The number of carbonyl (C=O) groups is 2. The van der Waals surface area contributed by atoms with Gasteiger partial charge in [0.05, 0.1) is 37.8 Å². The molecule has 0 amide bonds. The summed E-state index contributed by atoms with van der Waals surface area (Å²) in [6, 6.07) is 11.6. The molecule has 3 aliphatic rings. The lowest BCUT2D eigenvalue weighted by Crippen LogP contribution is -2.49. The molecule has 2 aromatic rings. The van der Waals surface area contributed by atoms with Crippen molar-refractivity contribution in [3.63, 3.8) is 0 Å². The second kappa shape index (κ2) is 11.2. The van der Waals surface area contributed by atoms with Crippen LogP contribution < -0.4 is 9.64 Å². The van der Waals surface area contributed by atoms with Crippen LogP contribution in [0.3, 0.4) is 0 Å². The number of fused-ring (bicyclic) bond motifs is 3. The van der Waals surface area contributed by atoms with Crippen molar-refractivity contribution in [1.82, 2.24) is 0 Å². The molecule has 0 saturated heterocycles. The highest BCUT2D eigenvalue weighted by Crippen LogP contribution is 2.47. The molecule has 7 nitrogen and oxygen atoms in total. The summed E-state index contributed by atoms with van der Waals surface area (Å²) in [5, 5.41) is 20.7. The Balaban J connectivity index is 1.56. The van der Waals surface area contributed by atoms with Crippen LogP contribution >= 0.6 is 11.6 Å².